The van der Waals surface area contributed by atoms with Gasteiger partial charge in [-0.1, -0.05) is 23.8 Å². The van der Waals surface area contributed by atoms with Crippen molar-refractivity contribution in [2.75, 3.05) is 13.2 Å². The van der Waals surface area contributed by atoms with Gasteiger partial charge >= 0.3 is 5.97 Å². The van der Waals surface area contributed by atoms with Gasteiger partial charge in [-0.15, -0.1) is 0 Å². The third-order valence-electron chi connectivity index (χ3n) is 6.45. The molecule has 1 aromatic carbocycles. The third-order valence-corrected chi connectivity index (χ3v) is 6.80. The molecular formula is C27H32N4O2S. The van der Waals surface area contributed by atoms with Crippen molar-refractivity contribution in [1.82, 2.24) is 19.8 Å². The molecule has 0 amide bonds. The largest absolute Gasteiger partial charge is 0.465 e. The normalized spacial score (nSPS) is 17.7. The quantitative estimate of drug-likeness (QED) is 0.401. The molecule has 1 saturated heterocycles. The lowest BCUT2D eigenvalue weighted by Gasteiger charge is -2.27. The van der Waals surface area contributed by atoms with E-state index >= 15 is 0 Å². The summed E-state index contributed by atoms with van der Waals surface area (Å²) in [5.41, 5.74) is 9.17. The molecule has 0 bridgehead atoms. The first-order valence-electron chi connectivity index (χ1n) is 11.6. The summed E-state index contributed by atoms with van der Waals surface area (Å²) < 4.78 is 7.58. The van der Waals surface area contributed by atoms with Gasteiger partial charge in [0.1, 0.15) is 6.54 Å². The number of nitrogens with one attached hydrogen (secondary N) is 1. The Morgan fingerprint density at radius 2 is 1.82 bits per heavy atom. The zero-order chi connectivity index (χ0) is 24.6. The molecule has 0 spiro atoms. The number of pyridine rings is 1. The van der Waals surface area contributed by atoms with Gasteiger partial charge in [0.25, 0.3) is 0 Å². The predicted molar refractivity (Wildman–Crippen MR) is 138 cm³/mol. The third kappa shape index (κ3) is 4.32. The standard InChI is InChI=1S/C27H32N4O2S/c1-7-33-23(32)15-30-26(24(29-27(30)34)22-10-8-9-11-28-22)21-14-19(5)31(20(21)6)25-17(3)12-16(2)13-18(25)4/h8-14,24,26H,7,15H2,1-6H3,(H,29,34)/t24-,26-/m0/s1. The van der Waals surface area contributed by atoms with Crippen LogP contribution in [0.15, 0.2) is 42.6 Å². The van der Waals surface area contributed by atoms with Crippen LogP contribution in [0.1, 0.15) is 58.3 Å². The molecule has 1 N–H and O–H groups in total. The van der Waals surface area contributed by atoms with Crippen molar-refractivity contribution in [3.8, 4) is 5.69 Å². The summed E-state index contributed by atoms with van der Waals surface area (Å²) in [6.07, 6.45) is 1.79. The number of thiocarbonyl (C=S) groups is 1. The molecule has 3 aromatic rings. The molecule has 178 valence electrons. The molecule has 0 saturated carbocycles. The van der Waals surface area contributed by atoms with Gasteiger partial charge in [-0.2, -0.15) is 0 Å². The van der Waals surface area contributed by atoms with Crippen LogP contribution in [-0.2, 0) is 9.53 Å². The number of aryl methyl sites for hydroxylation is 4. The molecule has 2 aromatic heterocycles. The summed E-state index contributed by atoms with van der Waals surface area (Å²) in [5.74, 6) is -0.294. The van der Waals surface area contributed by atoms with Crippen LogP contribution in [0.25, 0.3) is 5.69 Å². The molecule has 7 heteroatoms. The zero-order valence-electron chi connectivity index (χ0n) is 20.7. The van der Waals surface area contributed by atoms with Gasteiger partial charge in [0, 0.05) is 17.6 Å². The first kappa shape index (κ1) is 24.0. The smallest absolute Gasteiger partial charge is 0.325 e. The number of ether oxygens (including phenoxy) is 1. The van der Waals surface area contributed by atoms with Gasteiger partial charge in [-0.05, 0) is 88.6 Å². The average Bonchev–Trinajstić information content (AvgIpc) is 3.24. The number of carbonyl (C=O) groups excluding carboxylic acids is 1. The van der Waals surface area contributed by atoms with Gasteiger partial charge in [-0.3, -0.25) is 9.78 Å². The predicted octanol–water partition coefficient (Wildman–Crippen LogP) is 4.95. The highest BCUT2D eigenvalue weighted by Crippen LogP contribution is 2.41. The zero-order valence-corrected chi connectivity index (χ0v) is 21.5. The fourth-order valence-electron chi connectivity index (χ4n) is 5.22. The minimum absolute atomic E-state index is 0.0833. The van der Waals surface area contributed by atoms with Crippen LogP contribution in [0.3, 0.4) is 0 Å². The summed E-state index contributed by atoms with van der Waals surface area (Å²) in [6, 6.07) is 12.1. The van der Waals surface area contributed by atoms with Gasteiger partial charge in [0.15, 0.2) is 5.11 Å². The highest BCUT2D eigenvalue weighted by atomic mass is 32.1. The maximum Gasteiger partial charge on any atom is 0.325 e. The van der Waals surface area contributed by atoms with Crippen LogP contribution in [0, 0.1) is 34.6 Å². The molecule has 6 nitrogen and oxygen atoms in total. The molecule has 34 heavy (non-hydrogen) atoms. The molecule has 1 fully saturated rings. The number of benzene rings is 1. The van der Waals surface area contributed by atoms with Crippen molar-refractivity contribution in [2.24, 2.45) is 0 Å². The highest BCUT2D eigenvalue weighted by molar-refractivity contribution is 7.80. The Morgan fingerprint density at radius 1 is 1.12 bits per heavy atom. The Balaban J connectivity index is 1.86. The van der Waals surface area contributed by atoms with Crippen LogP contribution in [-0.4, -0.2) is 38.7 Å². The van der Waals surface area contributed by atoms with E-state index < -0.39 is 0 Å². The SMILES string of the molecule is CCOC(=O)CN1C(=S)N[C@@H](c2ccccn2)[C@@H]1c1cc(C)n(-c2c(C)cc(C)cc2C)c1C. The van der Waals surface area contributed by atoms with Crippen LogP contribution in [0.4, 0.5) is 0 Å². The van der Waals surface area contributed by atoms with Crippen molar-refractivity contribution < 1.29 is 9.53 Å². The van der Waals surface area contributed by atoms with E-state index in [1.807, 2.05) is 30.0 Å². The molecule has 1 aliphatic rings. The molecule has 3 heterocycles. The minimum Gasteiger partial charge on any atom is -0.465 e. The lowest BCUT2D eigenvalue weighted by atomic mass is 9.96. The molecule has 2 atom stereocenters. The Bertz CT molecular complexity index is 1210. The molecule has 0 radical (unpaired) electrons. The van der Waals surface area contributed by atoms with E-state index in [0.29, 0.717) is 11.7 Å². The van der Waals surface area contributed by atoms with Crippen molar-refractivity contribution in [1.29, 1.82) is 0 Å². The first-order valence-corrected chi connectivity index (χ1v) is 12.0. The van der Waals surface area contributed by atoms with Crippen molar-refractivity contribution in [3.63, 3.8) is 0 Å². The Hall–Kier alpha value is -3.19. The molecule has 0 aliphatic carbocycles. The fraction of sp³-hybridized carbons (Fsp3) is 0.370. The van der Waals surface area contributed by atoms with E-state index in [2.05, 4.69) is 67.7 Å². The van der Waals surface area contributed by atoms with Crippen LogP contribution < -0.4 is 5.32 Å². The fourth-order valence-corrected chi connectivity index (χ4v) is 5.52. The maximum atomic E-state index is 12.5. The van der Waals surface area contributed by atoms with E-state index in [1.165, 1.54) is 22.4 Å². The van der Waals surface area contributed by atoms with Crippen LogP contribution >= 0.6 is 12.2 Å². The second-order valence-corrected chi connectivity index (χ2v) is 9.36. The lowest BCUT2D eigenvalue weighted by molar-refractivity contribution is -0.143. The summed E-state index contributed by atoms with van der Waals surface area (Å²) in [6.45, 7) is 12.9. The monoisotopic (exact) mass is 476 g/mol. The van der Waals surface area contributed by atoms with Gasteiger partial charge in [-0.25, -0.2) is 0 Å². The van der Waals surface area contributed by atoms with E-state index in [0.717, 1.165) is 22.6 Å². The first-order chi connectivity index (χ1) is 16.2. The van der Waals surface area contributed by atoms with Gasteiger partial charge in [0.05, 0.1) is 30.1 Å². The molecule has 0 unspecified atom stereocenters. The van der Waals surface area contributed by atoms with Crippen molar-refractivity contribution >= 4 is 23.3 Å². The summed E-state index contributed by atoms with van der Waals surface area (Å²) in [4.78, 5) is 19.0. The Morgan fingerprint density at radius 3 is 2.44 bits per heavy atom. The van der Waals surface area contributed by atoms with Crippen molar-refractivity contribution in [2.45, 2.75) is 53.6 Å². The minimum atomic E-state index is -0.294. The number of esters is 1. The lowest BCUT2D eigenvalue weighted by Crippen LogP contribution is -2.35. The molecular weight excluding hydrogens is 444 g/mol. The average molecular weight is 477 g/mol. The van der Waals surface area contributed by atoms with E-state index in [-0.39, 0.29) is 24.6 Å². The maximum absolute atomic E-state index is 12.5. The van der Waals surface area contributed by atoms with E-state index in [4.69, 9.17) is 17.0 Å². The van der Waals surface area contributed by atoms with Crippen molar-refractivity contribution in [3.05, 3.63) is 81.9 Å². The number of carbonyl (C=O) groups is 1. The van der Waals surface area contributed by atoms with Gasteiger partial charge in [0.2, 0.25) is 0 Å². The number of hydrogen-bond donors (Lipinski definition) is 1. The topological polar surface area (TPSA) is 59.4 Å². The van der Waals surface area contributed by atoms with Crippen LogP contribution in [0.2, 0.25) is 0 Å². The summed E-state index contributed by atoms with van der Waals surface area (Å²) in [7, 11) is 0. The second-order valence-electron chi connectivity index (χ2n) is 8.97. The number of aromatic nitrogens is 2. The Kier molecular flexibility index (Phi) is 6.75. The number of rotatable bonds is 6. The summed E-state index contributed by atoms with van der Waals surface area (Å²) >= 11 is 5.70. The summed E-state index contributed by atoms with van der Waals surface area (Å²) in [5, 5.41) is 3.95. The number of nitrogens with zero attached hydrogens (tertiary/aromatic N) is 3. The Labute approximate surface area is 207 Å². The van der Waals surface area contributed by atoms with Crippen LogP contribution in [0.5, 0.6) is 0 Å². The second kappa shape index (κ2) is 9.58. The van der Waals surface area contributed by atoms with Gasteiger partial charge < -0.3 is 19.5 Å². The highest BCUT2D eigenvalue weighted by Gasteiger charge is 2.42. The van der Waals surface area contributed by atoms with E-state index in [9.17, 15) is 4.79 Å². The molecule has 1 aliphatic heterocycles. The number of hydrogen-bond acceptors (Lipinski definition) is 4. The molecule has 4 rings (SSSR count). The van der Waals surface area contributed by atoms with E-state index in [1.54, 1.807) is 6.20 Å².